The normalized spacial score (nSPS) is 16.1. The van der Waals surface area contributed by atoms with Crippen molar-refractivity contribution in [1.82, 2.24) is 10.6 Å². The minimum absolute atomic E-state index is 0. The number of esters is 1. The van der Waals surface area contributed by atoms with Crippen LogP contribution in [0.3, 0.4) is 0 Å². The molecule has 0 atom stereocenters. The first kappa shape index (κ1) is 19.2. The molecule has 0 aliphatic carbocycles. The van der Waals surface area contributed by atoms with Gasteiger partial charge in [0.2, 0.25) is 5.91 Å². The number of amides is 1. The van der Waals surface area contributed by atoms with Gasteiger partial charge in [-0.3, -0.25) is 9.59 Å². The maximum absolute atomic E-state index is 12.3. The minimum atomic E-state index is -0.463. The summed E-state index contributed by atoms with van der Waals surface area (Å²) in [6.45, 7) is 5.77. The molecule has 0 spiro atoms. The first-order chi connectivity index (χ1) is 9.06. The maximum atomic E-state index is 12.3. The Kier molecular flexibility index (Phi) is 8.81. The molecule has 1 saturated heterocycles. The van der Waals surface area contributed by atoms with E-state index in [1.54, 1.807) is 0 Å². The van der Waals surface area contributed by atoms with Crippen molar-refractivity contribution in [3.05, 3.63) is 0 Å². The molecule has 1 aliphatic heterocycles. The van der Waals surface area contributed by atoms with E-state index in [0.717, 1.165) is 38.8 Å². The van der Waals surface area contributed by atoms with Crippen LogP contribution in [0.25, 0.3) is 0 Å². The molecule has 20 heavy (non-hydrogen) atoms. The van der Waals surface area contributed by atoms with Gasteiger partial charge in [-0.25, -0.2) is 0 Å². The van der Waals surface area contributed by atoms with Crippen LogP contribution in [0, 0.1) is 5.92 Å². The zero-order valence-corrected chi connectivity index (χ0v) is 13.5. The van der Waals surface area contributed by atoms with E-state index in [9.17, 15) is 9.59 Å². The van der Waals surface area contributed by atoms with Gasteiger partial charge in [-0.05, 0) is 38.8 Å². The van der Waals surface area contributed by atoms with Crippen molar-refractivity contribution < 1.29 is 14.3 Å². The summed E-state index contributed by atoms with van der Waals surface area (Å²) in [7, 11) is 1.38. The van der Waals surface area contributed by atoms with Gasteiger partial charge in [0.25, 0.3) is 0 Å². The third-order valence-electron chi connectivity index (χ3n) is 4.16. The van der Waals surface area contributed by atoms with Gasteiger partial charge < -0.3 is 15.4 Å². The number of hydrogen-bond donors (Lipinski definition) is 2. The Labute approximate surface area is 127 Å². The molecule has 0 aromatic heterocycles. The van der Waals surface area contributed by atoms with Crippen LogP contribution in [0.2, 0.25) is 0 Å². The number of methoxy groups -OCH3 is 1. The lowest BCUT2D eigenvalue weighted by atomic mass is 9.87. The molecular weight excluding hydrogens is 280 g/mol. The summed E-state index contributed by atoms with van der Waals surface area (Å²) in [5, 5.41) is 6.34. The second kappa shape index (κ2) is 9.19. The second-order valence-corrected chi connectivity index (χ2v) is 5.25. The zero-order chi connectivity index (χ0) is 14.3. The van der Waals surface area contributed by atoms with Crippen molar-refractivity contribution in [1.29, 1.82) is 0 Å². The molecule has 0 aromatic rings. The summed E-state index contributed by atoms with van der Waals surface area (Å²) in [6, 6.07) is 0. The van der Waals surface area contributed by atoms with E-state index >= 15 is 0 Å². The summed E-state index contributed by atoms with van der Waals surface area (Å²) in [4.78, 5) is 23.8. The lowest BCUT2D eigenvalue weighted by Gasteiger charge is -2.34. The summed E-state index contributed by atoms with van der Waals surface area (Å²) >= 11 is 0. The Balaban J connectivity index is 0.00000361. The summed E-state index contributed by atoms with van der Waals surface area (Å²) in [6.07, 6.45) is 3.44. The monoisotopic (exact) mass is 306 g/mol. The fourth-order valence-corrected chi connectivity index (χ4v) is 2.52. The number of ether oxygens (including phenoxy) is 1. The molecule has 118 valence electrons. The number of nitrogens with one attached hydrogen (secondary N) is 2. The van der Waals surface area contributed by atoms with Crippen LogP contribution in [0.15, 0.2) is 0 Å². The second-order valence-electron chi connectivity index (χ2n) is 5.25. The topological polar surface area (TPSA) is 67.4 Å². The quantitative estimate of drug-likeness (QED) is 0.732. The van der Waals surface area contributed by atoms with Crippen LogP contribution >= 0.6 is 12.4 Å². The molecular formula is C14H27ClN2O3. The van der Waals surface area contributed by atoms with Gasteiger partial charge in [0, 0.05) is 11.5 Å². The Morgan fingerprint density at radius 2 is 1.80 bits per heavy atom. The van der Waals surface area contributed by atoms with E-state index in [0.29, 0.717) is 0 Å². The van der Waals surface area contributed by atoms with Gasteiger partial charge in [0.15, 0.2) is 0 Å². The molecule has 0 saturated carbocycles. The summed E-state index contributed by atoms with van der Waals surface area (Å²) in [5.74, 6) is -0.125. The number of carbonyl (C=O) groups excluding carboxylic acids is 2. The van der Waals surface area contributed by atoms with Crippen LogP contribution in [-0.4, -0.2) is 37.6 Å². The first-order valence-corrected chi connectivity index (χ1v) is 7.16. The van der Waals surface area contributed by atoms with Crippen molar-refractivity contribution in [3.63, 3.8) is 0 Å². The average Bonchev–Trinajstić information content (AvgIpc) is 2.47. The number of rotatable bonds is 6. The molecule has 5 nitrogen and oxygen atoms in total. The van der Waals surface area contributed by atoms with Crippen LogP contribution in [0.5, 0.6) is 0 Å². The Bertz CT molecular complexity index is 314. The third kappa shape index (κ3) is 5.29. The number of piperidine rings is 1. The van der Waals surface area contributed by atoms with E-state index in [1.807, 2.05) is 13.8 Å². The van der Waals surface area contributed by atoms with E-state index < -0.39 is 5.54 Å². The Hall–Kier alpha value is -0.810. The van der Waals surface area contributed by atoms with Crippen molar-refractivity contribution in [3.8, 4) is 0 Å². The molecule has 1 rings (SSSR count). The highest BCUT2D eigenvalue weighted by atomic mass is 35.5. The number of halogens is 1. The van der Waals surface area contributed by atoms with E-state index in [2.05, 4.69) is 10.6 Å². The average molecular weight is 307 g/mol. The van der Waals surface area contributed by atoms with Gasteiger partial charge >= 0.3 is 5.97 Å². The lowest BCUT2D eigenvalue weighted by Crippen LogP contribution is -2.52. The fraction of sp³-hybridized carbons (Fsp3) is 0.857. The largest absolute Gasteiger partial charge is 0.469 e. The van der Waals surface area contributed by atoms with Crippen molar-refractivity contribution in [2.45, 2.75) is 51.5 Å². The molecule has 1 fully saturated rings. The molecule has 6 heteroatoms. The molecule has 0 radical (unpaired) electrons. The van der Waals surface area contributed by atoms with E-state index in [1.165, 1.54) is 7.11 Å². The number of carbonyl (C=O) groups is 2. The molecule has 2 N–H and O–H groups in total. The zero-order valence-electron chi connectivity index (χ0n) is 12.7. The maximum Gasteiger partial charge on any atom is 0.307 e. The van der Waals surface area contributed by atoms with Crippen molar-refractivity contribution >= 4 is 24.3 Å². The van der Waals surface area contributed by atoms with Gasteiger partial charge in [-0.1, -0.05) is 13.8 Å². The van der Waals surface area contributed by atoms with Crippen molar-refractivity contribution in [2.75, 3.05) is 20.2 Å². The highest BCUT2D eigenvalue weighted by Crippen LogP contribution is 2.22. The molecule has 0 bridgehead atoms. The minimum Gasteiger partial charge on any atom is -0.469 e. The first-order valence-electron chi connectivity index (χ1n) is 7.16. The van der Waals surface area contributed by atoms with E-state index in [-0.39, 0.29) is 36.6 Å². The van der Waals surface area contributed by atoms with Crippen LogP contribution < -0.4 is 10.6 Å². The lowest BCUT2D eigenvalue weighted by molar-refractivity contribution is -0.143. The Morgan fingerprint density at radius 3 is 2.25 bits per heavy atom. The van der Waals surface area contributed by atoms with Crippen LogP contribution in [0.1, 0.15) is 46.0 Å². The molecule has 1 amide bonds. The smallest absolute Gasteiger partial charge is 0.307 e. The SMILES string of the molecule is CCC(CC)(CC(=O)OC)NC(=O)C1CCNCC1.Cl. The van der Waals surface area contributed by atoms with Gasteiger partial charge in [0.05, 0.1) is 13.5 Å². The molecule has 1 heterocycles. The highest BCUT2D eigenvalue weighted by molar-refractivity contribution is 5.85. The van der Waals surface area contributed by atoms with Gasteiger partial charge in [-0.15, -0.1) is 12.4 Å². The molecule has 0 aromatic carbocycles. The predicted octanol–water partition coefficient (Wildman–Crippen LogP) is 1.65. The van der Waals surface area contributed by atoms with Gasteiger partial charge in [-0.2, -0.15) is 0 Å². The third-order valence-corrected chi connectivity index (χ3v) is 4.16. The summed E-state index contributed by atoms with van der Waals surface area (Å²) < 4.78 is 4.74. The summed E-state index contributed by atoms with van der Waals surface area (Å²) in [5.41, 5.74) is -0.463. The highest BCUT2D eigenvalue weighted by Gasteiger charge is 2.33. The predicted molar refractivity (Wildman–Crippen MR) is 80.9 cm³/mol. The fourth-order valence-electron chi connectivity index (χ4n) is 2.52. The van der Waals surface area contributed by atoms with Crippen molar-refractivity contribution in [2.24, 2.45) is 5.92 Å². The van der Waals surface area contributed by atoms with Crippen LogP contribution in [-0.2, 0) is 14.3 Å². The number of hydrogen-bond acceptors (Lipinski definition) is 4. The van der Waals surface area contributed by atoms with E-state index in [4.69, 9.17) is 4.74 Å². The van der Waals surface area contributed by atoms with Gasteiger partial charge in [0.1, 0.15) is 0 Å². The Morgan fingerprint density at radius 1 is 1.25 bits per heavy atom. The molecule has 1 aliphatic rings. The standard InChI is InChI=1S/C14H26N2O3.ClH/c1-4-14(5-2,10-12(17)19-3)16-13(18)11-6-8-15-9-7-11;/h11,15H,4-10H2,1-3H3,(H,16,18);1H. The molecule has 0 unspecified atom stereocenters. The van der Waals surface area contributed by atoms with Crippen LogP contribution in [0.4, 0.5) is 0 Å².